The SMILES string of the molecule is CC(C)C[C@H](NC(=O)[C@H](C)NC(=O)[C@H](C)N)C(=O)N[C@@H](CCC(=O)O)C(=O)N[C@@H](Cc1ccccc1)C(=O)O. The van der Waals surface area contributed by atoms with Gasteiger partial charge < -0.3 is 37.2 Å². The lowest BCUT2D eigenvalue weighted by Crippen LogP contribution is -2.58. The summed E-state index contributed by atoms with van der Waals surface area (Å²) in [5.74, 6) is -5.44. The van der Waals surface area contributed by atoms with E-state index < -0.39 is 72.2 Å². The molecule has 8 N–H and O–H groups in total. The third kappa shape index (κ3) is 12.4. The second-order valence-electron chi connectivity index (χ2n) is 9.79. The van der Waals surface area contributed by atoms with E-state index in [1.807, 2.05) is 13.8 Å². The molecule has 0 heterocycles. The van der Waals surface area contributed by atoms with Crippen molar-refractivity contribution in [3.05, 3.63) is 35.9 Å². The van der Waals surface area contributed by atoms with Crippen molar-refractivity contribution in [3.63, 3.8) is 0 Å². The van der Waals surface area contributed by atoms with Crippen molar-refractivity contribution >= 4 is 35.6 Å². The molecule has 0 aliphatic heterocycles. The van der Waals surface area contributed by atoms with Gasteiger partial charge in [-0.2, -0.15) is 0 Å². The van der Waals surface area contributed by atoms with E-state index in [1.165, 1.54) is 13.8 Å². The van der Waals surface area contributed by atoms with Gasteiger partial charge >= 0.3 is 11.9 Å². The van der Waals surface area contributed by atoms with Crippen LogP contribution in [-0.4, -0.2) is 76.0 Å². The van der Waals surface area contributed by atoms with E-state index in [2.05, 4.69) is 21.3 Å². The number of carboxylic acid groups (broad SMARTS) is 2. The van der Waals surface area contributed by atoms with Gasteiger partial charge in [0.05, 0.1) is 6.04 Å². The van der Waals surface area contributed by atoms with Crippen molar-refractivity contribution in [3.8, 4) is 0 Å². The molecule has 13 heteroatoms. The Labute approximate surface area is 227 Å². The van der Waals surface area contributed by atoms with Gasteiger partial charge in [-0.1, -0.05) is 44.2 Å². The van der Waals surface area contributed by atoms with Crippen LogP contribution in [-0.2, 0) is 35.2 Å². The van der Waals surface area contributed by atoms with E-state index in [-0.39, 0.29) is 25.2 Å². The topological polar surface area (TPSA) is 217 Å². The number of carbonyl (C=O) groups is 6. The Morgan fingerprint density at radius 1 is 0.744 bits per heavy atom. The van der Waals surface area contributed by atoms with Crippen LogP contribution in [0.5, 0.6) is 0 Å². The van der Waals surface area contributed by atoms with E-state index in [4.69, 9.17) is 10.8 Å². The summed E-state index contributed by atoms with van der Waals surface area (Å²) in [5, 5.41) is 28.5. The van der Waals surface area contributed by atoms with Gasteiger partial charge in [-0.15, -0.1) is 0 Å². The van der Waals surface area contributed by atoms with Crippen LogP contribution in [0.25, 0.3) is 0 Å². The summed E-state index contributed by atoms with van der Waals surface area (Å²) in [6.45, 7) is 6.49. The summed E-state index contributed by atoms with van der Waals surface area (Å²) >= 11 is 0. The Morgan fingerprint density at radius 3 is 1.79 bits per heavy atom. The van der Waals surface area contributed by atoms with Crippen molar-refractivity contribution in [2.75, 3.05) is 0 Å². The maximum absolute atomic E-state index is 13.2. The third-order valence-corrected chi connectivity index (χ3v) is 5.68. The molecule has 0 bridgehead atoms. The van der Waals surface area contributed by atoms with Crippen LogP contribution in [0.15, 0.2) is 30.3 Å². The molecule has 1 aromatic rings. The zero-order chi connectivity index (χ0) is 29.7. The fraction of sp³-hybridized carbons (Fsp3) is 0.538. The lowest BCUT2D eigenvalue weighted by molar-refractivity contribution is -0.143. The zero-order valence-corrected chi connectivity index (χ0v) is 22.6. The number of rotatable bonds is 16. The molecule has 0 radical (unpaired) electrons. The minimum atomic E-state index is -1.38. The predicted molar refractivity (Wildman–Crippen MR) is 141 cm³/mol. The summed E-state index contributed by atoms with van der Waals surface area (Å²) in [7, 11) is 0. The minimum Gasteiger partial charge on any atom is -0.481 e. The Hall–Kier alpha value is -4.00. The highest BCUT2D eigenvalue weighted by Crippen LogP contribution is 2.09. The summed E-state index contributed by atoms with van der Waals surface area (Å²) in [6, 6.07) is 2.91. The molecule has 0 saturated carbocycles. The van der Waals surface area contributed by atoms with Crippen LogP contribution < -0.4 is 27.0 Å². The number of hydrogen-bond acceptors (Lipinski definition) is 7. The number of carboxylic acids is 2. The first kappa shape index (κ1) is 33.0. The molecule has 216 valence electrons. The molecule has 4 amide bonds. The van der Waals surface area contributed by atoms with Gasteiger partial charge in [0, 0.05) is 12.8 Å². The highest BCUT2D eigenvalue weighted by atomic mass is 16.4. The largest absolute Gasteiger partial charge is 0.481 e. The molecule has 39 heavy (non-hydrogen) atoms. The van der Waals surface area contributed by atoms with Gasteiger partial charge in [-0.3, -0.25) is 24.0 Å². The van der Waals surface area contributed by atoms with Crippen LogP contribution in [0.2, 0.25) is 0 Å². The first-order valence-corrected chi connectivity index (χ1v) is 12.7. The Balaban J connectivity index is 3.04. The molecule has 1 aromatic carbocycles. The number of nitrogens with two attached hydrogens (primary N) is 1. The number of hydrogen-bond donors (Lipinski definition) is 7. The molecule has 0 fully saturated rings. The molecule has 0 saturated heterocycles. The Bertz CT molecular complexity index is 1010. The molecular formula is C26H39N5O8. The summed E-state index contributed by atoms with van der Waals surface area (Å²) in [4.78, 5) is 73.7. The quantitative estimate of drug-likeness (QED) is 0.142. The number of benzene rings is 1. The maximum atomic E-state index is 13.2. The van der Waals surface area contributed by atoms with Gasteiger partial charge in [-0.25, -0.2) is 4.79 Å². The normalized spacial score (nSPS) is 14.7. The first-order chi connectivity index (χ1) is 18.2. The smallest absolute Gasteiger partial charge is 0.326 e. The molecule has 0 spiro atoms. The number of amides is 4. The highest BCUT2D eigenvalue weighted by Gasteiger charge is 2.31. The monoisotopic (exact) mass is 549 g/mol. The number of aliphatic carboxylic acids is 2. The summed E-state index contributed by atoms with van der Waals surface area (Å²) in [5.41, 5.74) is 6.16. The van der Waals surface area contributed by atoms with Crippen LogP contribution in [0.1, 0.15) is 52.5 Å². The van der Waals surface area contributed by atoms with Crippen LogP contribution in [0, 0.1) is 5.92 Å². The van der Waals surface area contributed by atoms with Crippen molar-refractivity contribution in [1.82, 2.24) is 21.3 Å². The lowest BCUT2D eigenvalue weighted by atomic mass is 10.0. The average molecular weight is 550 g/mol. The Kier molecular flexibility index (Phi) is 13.6. The van der Waals surface area contributed by atoms with Gasteiger partial charge in [0.2, 0.25) is 23.6 Å². The van der Waals surface area contributed by atoms with E-state index >= 15 is 0 Å². The highest BCUT2D eigenvalue weighted by molar-refractivity contribution is 5.95. The number of carbonyl (C=O) groups excluding carboxylic acids is 4. The van der Waals surface area contributed by atoms with E-state index in [1.54, 1.807) is 30.3 Å². The van der Waals surface area contributed by atoms with E-state index in [0.717, 1.165) is 0 Å². The van der Waals surface area contributed by atoms with E-state index in [9.17, 15) is 33.9 Å². The number of nitrogens with one attached hydrogen (secondary N) is 4. The Morgan fingerprint density at radius 2 is 1.28 bits per heavy atom. The lowest BCUT2D eigenvalue weighted by Gasteiger charge is -2.26. The average Bonchev–Trinajstić information content (AvgIpc) is 2.85. The van der Waals surface area contributed by atoms with Gasteiger partial charge in [-0.05, 0) is 38.2 Å². The first-order valence-electron chi connectivity index (χ1n) is 12.7. The zero-order valence-electron chi connectivity index (χ0n) is 22.6. The van der Waals surface area contributed by atoms with Gasteiger partial charge in [0.15, 0.2) is 0 Å². The van der Waals surface area contributed by atoms with Crippen LogP contribution in [0.4, 0.5) is 0 Å². The van der Waals surface area contributed by atoms with Crippen LogP contribution >= 0.6 is 0 Å². The molecular weight excluding hydrogens is 510 g/mol. The van der Waals surface area contributed by atoms with Crippen LogP contribution in [0.3, 0.4) is 0 Å². The van der Waals surface area contributed by atoms with Gasteiger partial charge in [0.25, 0.3) is 0 Å². The maximum Gasteiger partial charge on any atom is 0.326 e. The molecule has 5 atom stereocenters. The second-order valence-corrected chi connectivity index (χ2v) is 9.79. The molecule has 0 aliphatic rings. The van der Waals surface area contributed by atoms with Crippen molar-refractivity contribution in [2.45, 2.75) is 83.6 Å². The van der Waals surface area contributed by atoms with E-state index in [0.29, 0.717) is 5.56 Å². The molecule has 0 aromatic heterocycles. The van der Waals surface area contributed by atoms with Crippen molar-refractivity contribution in [2.24, 2.45) is 11.7 Å². The molecule has 0 unspecified atom stereocenters. The fourth-order valence-electron chi connectivity index (χ4n) is 3.54. The molecule has 13 nitrogen and oxygen atoms in total. The van der Waals surface area contributed by atoms with Gasteiger partial charge in [0.1, 0.15) is 24.2 Å². The van der Waals surface area contributed by atoms with Crippen molar-refractivity contribution in [1.29, 1.82) is 0 Å². The fourth-order valence-corrected chi connectivity index (χ4v) is 3.54. The summed E-state index contributed by atoms with van der Waals surface area (Å²) < 4.78 is 0. The predicted octanol–water partition coefficient (Wildman–Crippen LogP) is -0.469. The van der Waals surface area contributed by atoms with Crippen molar-refractivity contribution < 1.29 is 39.0 Å². The third-order valence-electron chi connectivity index (χ3n) is 5.68. The standard InChI is InChI=1S/C26H39N5O8/c1-14(2)12-19(30-23(35)16(4)28-22(34)15(3)27)25(37)29-18(10-11-21(32)33)24(36)31-20(26(38)39)13-17-8-6-5-7-9-17/h5-9,14-16,18-20H,10-13,27H2,1-4H3,(H,28,34)(H,29,37)(H,30,35)(H,31,36)(H,32,33)(H,38,39)/t15-,16-,18-,19-,20-/m0/s1. The second kappa shape index (κ2) is 16.1. The minimum absolute atomic E-state index is 0.0292. The molecule has 1 rings (SSSR count). The summed E-state index contributed by atoms with van der Waals surface area (Å²) in [6.07, 6.45) is -0.646. The molecule has 0 aliphatic carbocycles.